The van der Waals surface area contributed by atoms with Gasteiger partial charge in [0.25, 0.3) is 0 Å². The molecule has 0 bridgehead atoms. The van der Waals surface area contributed by atoms with E-state index in [2.05, 4.69) is 93.5 Å². The largest absolute Gasteiger partial charge is 0.344 e. The van der Waals surface area contributed by atoms with E-state index in [0.717, 1.165) is 47.0 Å². The molecular formula is C29H39N2O2S2+. The highest BCUT2D eigenvalue weighted by Crippen LogP contribution is 2.48. The van der Waals surface area contributed by atoms with Crippen molar-refractivity contribution in [2.24, 2.45) is 0 Å². The standard InChI is InChI=1S/C27H32N2O2S2.C2H6/c1-7-28-22-14-12-18(32-30)16-20(22)26(3,4)24(28)10-9-11-25-27(5,6)21-17-19(33-31)13-15-23(21)29(25)8-2;1-2/h9-17H,7-8H2,1-6H3,(H-,30,31);1-2H3/p+1. The molecule has 6 heteroatoms. The highest BCUT2D eigenvalue weighted by Gasteiger charge is 2.44. The Hall–Kier alpha value is -1.99. The van der Waals surface area contributed by atoms with Crippen molar-refractivity contribution < 1.29 is 13.7 Å². The smallest absolute Gasteiger partial charge is 0.209 e. The Balaban J connectivity index is 0.00000167. The minimum absolute atomic E-state index is 0.155. The third-order valence-corrected chi connectivity index (χ3v) is 8.01. The number of allylic oxidation sites excluding steroid dienone is 4. The number of likely N-dealkylation sites (N-methyl/N-ethyl adjacent to an activating group) is 1. The average Bonchev–Trinajstić information content (AvgIpc) is 3.22. The van der Waals surface area contributed by atoms with Gasteiger partial charge in [0.15, 0.2) is 5.71 Å². The van der Waals surface area contributed by atoms with Gasteiger partial charge in [-0.2, -0.15) is 4.58 Å². The van der Waals surface area contributed by atoms with Crippen molar-refractivity contribution in [3.8, 4) is 0 Å². The van der Waals surface area contributed by atoms with Gasteiger partial charge in [-0.05, 0) is 69.7 Å². The van der Waals surface area contributed by atoms with Crippen LogP contribution < -0.4 is 4.90 Å². The fourth-order valence-corrected chi connectivity index (χ4v) is 5.93. The first-order chi connectivity index (χ1) is 16.7. The molecule has 0 spiro atoms. The molecule has 4 nitrogen and oxygen atoms in total. The van der Waals surface area contributed by atoms with E-state index in [1.807, 2.05) is 26.0 Å². The van der Waals surface area contributed by atoms with E-state index in [0.29, 0.717) is 0 Å². The molecule has 4 rings (SSSR count). The van der Waals surface area contributed by atoms with E-state index >= 15 is 0 Å². The maximum Gasteiger partial charge on any atom is 0.209 e. The van der Waals surface area contributed by atoms with Crippen molar-refractivity contribution in [3.63, 3.8) is 0 Å². The van der Waals surface area contributed by atoms with Crippen molar-refractivity contribution in [1.29, 1.82) is 0 Å². The SMILES string of the molecule is CC.CCN1/C(=C/C=C/C2=[N+](CC)c3ccc(SO)cc3C2(C)C)C(C)(C)c2cc(SO)ccc21. The number of hydrogen-bond acceptors (Lipinski definition) is 5. The summed E-state index contributed by atoms with van der Waals surface area (Å²) in [4.78, 5) is 4.11. The van der Waals surface area contributed by atoms with Crippen molar-refractivity contribution in [1.82, 2.24) is 0 Å². The summed E-state index contributed by atoms with van der Waals surface area (Å²) in [5.41, 5.74) is 7.12. The van der Waals surface area contributed by atoms with Crippen molar-refractivity contribution in [2.75, 3.05) is 18.0 Å². The third-order valence-electron chi connectivity index (χ3n) is 7.08. The van der Waals surface area contributed by atoms with E-state index in [1.54, 1.807) is 0 Å². The highest BCUT2D eigenvalue weighted by molar-refractivity contribution is 7.94. The summed E-state index contributed by atoms with van der Waals surface area (Å²) >= 11 is 1.60. The minimum Gasteiger partial charge on any atom is -0.344 e. The number of rotatable bonds is 6. The van der Waals surface area contributed by atoms with Gasteiger partial charge < -0.3 is 14.0 Å². The first-order valence-electron chi connectivity index (χ1n) is 12.4. The number of nitrogens with zero attached hydrogens (tertiary/aromatic N) is 2. The lowest BCUT2D eigenvalue weighted by molar-refractivity contribution is -0.433. The molecule has 2 aliphatic heterocycles. The maximum absolute atomic E-state index is 9.55. The van der Waals surface area contributed by atoms with E-state index in [1.165, 1.54) is 33.9 Å². The topological polar surface area (TPSA) is 46.7 Å². The summed E-state index contributed by atoms with van der Waals surface area (Å²) in [6.07, 6.45) is 6.66. The summed E-state index contributed by atoms with van der Waals surface area (Å²) in [7, 11) is 0. The lowest BCUT2D eigenvalue weighted by Crippen LogP contribution is -2.28. The van der Waals surface area contributed by atoms with Gasteiger partial charge in [-0.25, -0.2) is 0 Å². The van der Waals surface area contributed by atoms with Gasteiger partial charge in [0.05, 0.1) is 5.41 Å². The lowest BCUT2D eigenvalue weighted by Gasteiger charge is -2.25. The molecule has 2 N–H and O–H groups in total. The highest BCUT2D eigenvalue weighted by atomic mass is 32.2. The number of anilines is 1. The van der Waals surface area contributed by atoms with Crippen molar-refractivity contribution in [3.05, 3.63) is 71.5 Å². The van der Waals surface area contributed by atoms with E-state index < -0.39 is 0 Å². The Morgan fingerprint density at radius 1 is 0.886 bits per heavy atom. The normalized spacial score (nSPS) is 18.7. The van der Waals surface area contributed by atoms with Crippen LogP contribution in [0.15, 0.2) is 70.1 Å². The van der Waals surface area contributed by atoms with Crippen LogP contribution in [-0.2, 0) is 10.8 Å². The molecule has 35 heavy (non-hydrogen) atoms. The quantitative estimate of drug-likeness (QED) is 0.301. The predicted molar refractivity (Wildman–Crippen MR) is 153 cm³/mol. The van der Waals surface area contributed by atoms with Gasteiger partial charge in [-0.1, -0.05) is 33.8 Å². The minimum atomic E-state index is -0.155. The van der Waals surface area contributed by atoms with Crippen LogP contribution in [0.1, 0.15) is 66.5 Å². The monoisotopic (exact) mass is 511 g/mol. The maximum atomic E-state index is 9.55. The van der Waals surface area contributed by atoms with Crippen LogP contribution in [0.25, 0.3) is 0 Å². The first-order valence-corrected chi connectivity index (χ1v) is 14.0. The molecular weight excluding hydrogens is 472 g/mol. The summed E-state index contributed by atoms with van der Waals surface area (Å²) < 4.78 is 21.5. The van der Waals surface area contributed by atoms with Gasteiger partial charge in [0.2, 0.25) is 5.69 Å². The Morgan fingerprint density at radius 3 is 2.06 bits per heavy atom. The van der Waals surface area contributed by atoms with Crippen LogP contribution in [0.4, 0.5) is 11.4 Å². The second-order valence-corrected chi connectivity index (χ2v) is 10.9. The second kappa shape index (κ2) is 11.0. The Kier molecular flexibility index (Phi) is 8.64. The summed E-state index contributed by atoms with van der Waals surface area (Å²) in [6, 6.07) is 12.4. The molecule has 0 atom stereocenters. The van der Waals surface area contributed by atoms with E-state index in [-0.39, 0.29) is 10.8 Å². The molecule has 0 unspecified atom stereocenters. The zero-order valence-corrected chi connectivity index (χ0v) is 23.8. The molecule has 0 aliphatic carbocycles. The molecule has 0 radical (unpaired) electrons. The average molecular weight is 512 g/mol. The summed E-state index contributed by atoms with van der Waals surface area (Å²) in [5.74, 6) is 0. The van der Waals surface area contributed by atoms with Crippen LogP contribution in [0.5, 0.6) is 0 Å². The number of fused-ring (bicyclic) bond motifs is 2. The first kappa shape index (κ1) is 27.6. The van der Waals surface area contributed by atoms with Crippen LogP contribution in [0.3, 0.4) is 0 Å². The Bertz CT molecular complexity index is 1180. The van der Waals surface area contributed by atoms with Gasteiger partial charge in [0, 0.05) is 74.9 Å². The van der Waals surface area contributed by atoms with Crippen molar-refractivity contribution >= 4 is 41.2 Å². The van der Waals surface area contributed by atoms with E-state index in [4.69, 9.17) is 0 Å². The Labute approximate surface area is 219 Å². The van der Waals surface area contributed by atoms with Gasteiger partial charge in [-0.3, -0.25) is 0 Å². The number of benzene rings is 2. The van der Waals surface area contributed by atoms with Crippen LogP contribution in [0.2, 0.25) is 0 Å². The molecule has 0 saturated heterocycles. The van der Waals surface area contributed by atoms with E-state index in [9.17, 15) is 9.11 Å². The molecule has 2 aliphatic rings. The fourth-order valence-electron chi connectivity index (χ4n) is 5.33. The zero-order valence-electron chi connectivity index (χ0n) is 22.2. The lowest BCUT2D eigenvalue weighted by atomic mass is 9.81. The van der Waals surface area contributed by atoms with Crippen LogP contribution in [-0.4, -0.2) is 32.5 Å². The van der Waals surface area contributed by atoms with Gasteiger partial charge >= 0.3 is 0 Å². The summed E-state index contributed by atoms with van der Waals surface area (Å²) in [5, 5.41) is 0. The number of hydrogen-bond donors (Lipinski definition) is 2. The molecule has 2 aromatic rings. The fraction of sp³-hybridized carbons (Fsp3) is 0.414. The van der Waals surface area contributed by atoms with Crippen LogP contribution in [0, 0.1) is 0 Å². The molecule has 0 saturated carbocycles. The summed E-state index contributed by atoms with van der Waals surface area (Å²) in [6.45, 7) is 19.1. The van der Waals surface area contributed by atoms with Gasteiger partial charge in [-0.15, -0.1) is 0 Å². The molecule has 2 heterocycles. The van der Waals surface area contributed by atoms with Crippen molar-refractivity contribution in [2.45, 2.75) is 76.0 Å². The molecule has 0 aromatic heterocycles. The van der Waals surface area contributed by atoms with Crippen LogP contribution >= 0.6 is 24.1 Å². The molecule has 0 fully saturated rings. The van der Waals surface area contributed by atoms with Gasteiger partial charge in [0.1, 0.15) is 6.54 Å². The zero-order chi connectivity index (χ0) is 26.0. The molecule has 0 amide bonds. The Morgan fingerprint density at radius 2 is 1.49 bits per heavy atom. The second-order valence-electron chi connectivity index (χ2n) is 9.58. The third kappa shape index (κ3) is 4.74. The molecule has 2 aromatic carbocycles. The predicted octanol–water partition coefficient (Wildman–Crippen LogP) is 8.50. The molecule has 188 valence electrons.